The lowest BCUT2D eigenvalue weighted by molar-refractivity contribution is 0.581. The van der Waals surface area contributed by atoms with Gasteiger partial charge in [-0.15, -0.1) is 0 Å². The minimum Gasteiger partial charge on any atom is -0.398 e. The molecule has 0 aliphatic rings. The third-order valence-corrected chi connectivity index (χ3v) is 4.75. The lowest BCUT2D eigenvalue weighted by Gasteiger charge is -2.10. The first kappa shape index (κ1) is 14.8. The van der Waals surface area contributed by atoms with E-state index in [0.29, 0.717) is 16.3 Å². The average molecular weight is 311 g/mol. The second kappa shape index (κ2) is 5.83. The van der Waals surface area contributed by atoms with E-state index >= 15 is 0 Å². The molecule has 3 N–H and O–H groups in total. The van der Waals surface area contributed by atoms with Crippen LogP contribution in [-0.4, -0.2) is 8.42 Å². The van der Waals surface area contributed by atoms with Gasteiger partial charge in [-0.05, 0) is 30.2 Å². The molecule has 6 heteroatoms. The normalized spacial score (nSPS) is 11.5. The second-order valence-corrected chi connectivity index (χ2v) is 6.60. The maximum atomic E-state index is 12.2. The van der Waals surface area contributed by atoms with E-state index in [1.165, 1.54) is 12.1 Å². The molecule has 0 spiro atoms. The van der Waals surface area contributed by atoms with Crippen molar-refractivity contribution in [3.8, 4) is 0 Å². The van der Waals surface area contributed by atoms with Crippen LogP contribution in [-0.2, 0) is 16.6 Å². The monoisotopic (exact) mass is 310 g/mol. The quantitative estimate of drug-likeness (QED) is 0.853. The molecule has 2 aromatic carbocycles. The molecule has 2 rings (SSSR count). The maximum Gasteiger partial charge on any atom is 0.240 e. The lowest BCUT2D eigenvalue weighted by atomic mass is 10.2. The fourth-order valence-corrected chi connectivity index (χ4v) is 3.06. The molecular formula is C14H15ClN2O2S. The maximum absolute atomic E-state index is 12.2. The fourth-order valence-electron chi connectivity index (χ4n) is 1.69. The van der Waals surface area contributed by atoms with Crippen LogP contribution in [0.25, 0.3) is 0 Å². The number of benzene rings is 2. The van der Waals surface area contributed by atoms with Crippen LogP contribution in [0.15, 0.2) is 47.4 Å². The number of nitrogen functional groups attached to an aromatic ring is 1. The highest BCUT2D eigenvalue weighted by Gasteiger charge is 2.16. The van der Waals surface area contributed by atoms with E-state index in [4.69, 9.17) is 17.3 Å². The Morgan fingerprint density at radius 1 is 1.20 bits per heavy atom. The molecule has 0 bridgehead atoms. The zero-order chi connectivity index (χ0) is 14.8. The summed E-state index contributed by atoms with van der Waals surface area (Å²) in [6.45, 7) is 1.96. The largest absolute Gasteiger partial charge is 0.398 e. The van der Waals surface area contributed by atoms with Crippen LogP contribution in [0.3, 0.4) is 0 Å². The summed E-state index contributed by atoms with van der Waals surface area (Å²) in [4.78, 5) is 0.0709. The van der Waals surface area contributed by atoms with Gasteiger partial charge in [0, 0.05) is 17.3 Å². The van der Waals surface area contributed by atoms with Crippen LogP contribution in [0.5, 0.6) is 0 Å². The molecule has 2 aromatic rings. The van der Waals surface area contributed by atoms with Crippen molar-refractivity contribution in [3.05, 3.63) is 58.6 Å². The molecule has 0 unspecified atom stereocenters. The van der Waals surface area contributed by atoms with Crippen LogP contribution in [0.4, 0.5) is 5.69 Å². The van der Waals surface area contributed by atoms with Gasteiger partial charge >= 0.3 is 0 Å². The number of anilines is 1. The number of hydrogen-bond donors (Lipinski definition) is 2. The van der Waals surface area contributed by atoms with Gasteiger partial charge < -0.3 is 5.73 Å². The van der Waals surface area contributed by atoms with Crippen molar-refractivity contribution in [1.82, 2.24) is 4.72 Å². The predicted molar refractivity (Wildman–Crippen MR) is 81.1 cm³/mol. The molecule has 0 saturated heterocycles. The van der Waals surface area contributed by atoms with Crippen LogP contribution in [0.1, 0.15) is 11.1 Å². The number of hydrogen-bond acceptors (Lipinski definition) is 3. The summed E-state index contributed by atoms with van der Waals surface area (Å²) in [6, 6.07) is 12.1. The Kier molecular flexibility index (Phi) is 4.32. The molecule has 0 aliphatic carbocycles. The van der Waals surface area contributed by atoms with Gasteiger partial charge in [-0.25, -0.2) is 13.1 Å². The molecular weight excluding hydrogens is 296 g/mol. The Balaban J connectivity index is 2.23. The summed E-state index contributed by atoms with van der Waals surface area (Å²) in [6.07, 6.45) is 0. The molecule has 106 valence electrons. The summed E-state index contributed by atoms with van der Waals surface area (Å²) >= 11 is 5.97. The molecule has 0 heterocycles. The second-order valence-electron chi connectivity index (χ2n) is 4.43. The number of sulfonamides is 1. The van der Waals surface area contributed by atoms with Crippen LogP contribution < -0.4 is 10.5 Å². The van der Waals surface area contributed by atoms with Gasteiger partial charge in [-0.3, -0.25) is 0 Å². The van der Waals surface area contributed by atoms with Gasteiger partial charge in [0.2, 0.25) is 10.0 Å². The van der Waals surface area contributed by atoms with Crippen molar-refractivity contribution in [2.75, 3.05) is 5.73 Å². The van der Waals surface area contributed by atoms with E-state index in [1.807, 2.05) is 30.3 Å². The molecule has 0 aromatic heterocycles. The molecule has 0 atom stereocenters. The third-order valence-electron chi connectivity index (χ3n) is 2.98. The molecule has 0 saturated carbocycles. The Hall–Kier alpha value is -1.56. The Morgan fingerprint density at radius 3 is 2.45 bits per heavy atom. The van der Waals surface area contributed by atoms with E-state index < -0.39 is 10.0 Å². The lowest BCUT2D eigenvalue weighted by Crippen LogP contribution is -2.23. The Morgan fingerprint density at radius 2 is 1.85 bits per heavy atom. The first-order valence-corrected chi connectivity index (χ1v) is 7.85. The van der Waals surface area contributed by atoms with Crippen LogP contribution in [0, 0.1) is 6.92 Å². The topological polar surface area (TPSA) is 72.2 Å². The first-order chi connectivity index (χ1) is 9.40. The van der Waals surface area contributed by atoms with Gasteiger partial charge in [0.25, 0.3) is 0 Å². The van der Waals surface area contributed by atoms with Crippen molar-refractivity contribution in [2.45, 2.75) is 18.4 Å². The minimum absolute atomic E-state index is 0.0709. The van der Waals surface area contributed by atoms with Crippen molar-refractivity contribution in [1.29, 1.82) is 0 Å². The van der Waals surface area contributed by atoms with Crippen LogP contribution >= 0.6 is 11.6 Å². The third kappa shape index (κ3) is 3.30. The van der Waals surface area contributed by atoms with E-state index in [0.717, 1.165) is 5.56 Å². The Bertz CT molecular complexity index is 692. The zero-order valence-electron chi connectivity index (χ0n) is 10.9. The minimum atomic E-state index is -3.63. The highest BCUT2D eigenvalue weighted by Crippen LogP contribution is 2.25. The number of rotatable bonds is 4. The predicted octanol–water partition coefficient (Wildman–Crippen LogP) is 2.71. The highest BCUT2D eigenvalue weighted by molar-refractivity contribution is 7.89. The molecule has 0 fully saturated rings. The summed E-state index contributed by atoms with van der Waals surface area (Å²) in [5, 5.41) is 0.338. The van der Waals surface area contributed by atoms with Gasteiger partial charge in [-0.1, -0.05) is 41.9 Å². The smallest absolute Gasteiger partial charge is 0.240 e. The van der Waals surface area contributed by atoms with Gasteiger partial charge in [-0.2, -0.15) is 0 Å². The molecule has 0 radical (unpaired) electrons. The van der Waals surface area contributed by atoms with Crippen molar-refractivity contribution in [2.24, 2.45) is 0 Å². The summed E-state index contributed by atoms with van der Waals surface area (Å²) in [5.74, 6) is 0. The number of nitrogens with two attached hydrogens (primary N) is 1. The summed E-state index contributed by atoms with van der Waals surface area (Å²) < 4.78 is 26.9. The van der Waals surface area contributed by atoms with Crippen molar-refractivity contribution >= 4 is 27.3 Å². The number of nitrogens with one attached hydrogen (secondary N) is 1. The number of halogens is 1. The van der Waals surface area contributed by atoms with E-state index in [-0.39, 0.29) is 11.4 Å². The zero-order valence-corrected chi connectivity index (χ0v) is 12.5. The summed E-state index contributed by atoms with van der Waals surface area (Å²) in [5.41, 5.74) is 7.66. The Labute approximate surface area is 123 Å². The molecule has 4 nitrogen and oxygen atoms in total. The molecule has 0 amide bonds. The first-order valence-electron chi connectivity index (χ1n) is 5.99. The average Bonchev–Trinajstić information content (AvgIpc) is 2.43. The van der Waals surface area contributed by atoms with Crippen molar-refractivity contribution < 1.29 is 8.42 Å². The molecule has 0 aliphatic heterocycles. The standard InChI is InChI=1S/C14H15ClN2O2S/c1-10-13(15)7-12(8-14(10)16)20(18,19)17-9-11-5-3-2-4-6-11/h2-8,17H,9,16H2,1H3. The van der Waals surface area contributed by atoms with Crippen molar-refractivity contribution in [3.63, 3.8) is 0 Å². The fraction of sp³-hybridized carbons (Fsp3) is 0.143. The van der Waals surface area contributed by atoms with Crippen LogP contribution in [0.2, 0.25) is 5.02 Å². The summed E-state index contributed by atoms with van der Waals surface area (Å²) in [7, 11) is -3.63. The van der Waals surface area contributed by atoms with Gasteiger partial charge in [0.15, 0.2) is 0 Å². The van der Waals surface area contributed by atoms with Gasteiger partial charge in [0.05, 0.1) is 4.90 Å². The highest BCUT2D eigenvalue weighted by atomic mass is 35.5. The van der Waals surface area contributed by atoms with Gasteiger partial charge in [0.1, 0.15) is 0 Å². The SMILES string of the molecule is Cc1c(N)cc(S(=O)(=O)NCc2ccccc2)cc1Cl. The van der Waals surface area contributed by atoms with E-state index in [9.17, 15) is 8.42 Å². The van der Waals surface area contributed by atoms with E-state index in [1.54, 1.807) is 6.92 Å². The van der Waals surface area contributed by atoms with E-state index in [2.05, 4.69) is 4.72 Å². The molecule has 20 heavy (non-hydrogen) atoms.